The first kappa shape index (κ1) is 118. The molecule has 0 unspecified atom stereocenters. The number of nitrogens with one attached hydrogen (secondary N) is 2. The fraction of sp³-hybridized carbons (Fsp3) is 0.815. The molecule has 10 nitrogen and oxygen atoms in total. The molecule has 2 amide bonds. The van der Waals surface area contributed by atoms with E-state index in [1.807, 2.05) is 43.3 Å². The Morgan fingerprint density at radius 3 is 0.504 bits per heavy atom. The van der Waals surface area contributed by atoms with Crippen molar-refractivity contribution in [3.05, 3.63) is 58.7 Å². The summed E-state index contributed by atoms with van der Waals surface area (Å²) < 4.78 is 41.0. The van der Waals surface area contributed by atoms with E-state index < -0.39 is 0 Å². The van der Waals surface area contributed by atoms with E-state index in [9.17, 15) is 0 Å². The Hall–Kier alpha value is -5.04. The Kier molecular flexibility index (Phi) is 83.1. The first-order valence-electron chi connectivity index (χ1n) is 57.1. The zero-order chi connectivity index (χ0) is 92.3. The molecule has 2 N–H and O–H groups in total. The molecule has 0 bridgehead atoms. The predicted molar refractivity (Wildman–Crippen MR) is 563 cm³/mol. The Labute approximate surface area is 800 Å². The fourth-order valence-corrected chi connectivity index (χ4v) is 18.4. The maximum Gasteiger partial charge on any atom is 0.255 e. The van der Waals surface area contributed by atoms with Crippen molar-refractivity contribution in [3.8, 4) is 46.8 Å². The van der Waals surface area contributed by atoms with E-state index in [0.29, 0.717) is 108 Å². The highest BCUT2D eigenvalue weighted by molar-refractivity contribution is 6.08. The lowest BCUT2D eigenvalue weighted by Gasteiger charge is -2.20. The predicted octanol–water partition coefficient (Wildman–Crippen LogP) is 39.6. The van der Waals surface area contributed by atoms with Crippen LogP contribution in [0.1, 0.15) is 613 Å². The Bertz CT molecular complexity index is 2730. The fourth-order valence-electron chi connectivity index (χ4n) is 18.4. The van der Waals surface area contributed by atoms with Crippen LogP contribution in [0.5, 0.6) is 34.5 Å². The number of hydrogen-bond donors (Lipinski definition) is 2. The van der Waals surface area contributed by atoms with Gasteiger partial charge in [-0.2, -0.15) is 0 Å². The monoisotopic (exact) mass is 1800 g/mol. The van der Waals surface area contributed by atoms with Gasteiger partial charge < -0.3 is 39.1 Å². The summed E-state index contributed by atoms with van der Waals surface area (Å²) in [7, 11) is 0. The summed E-state index contributed by atoms with van der Waals surface area (Å²) in [5.41, 5.74) is 2.99. The van der Waals surface area contributed by atoms with Crippen LogP contribution in [0.4, 0.5) is 11.4 Å². The van der Waals surface area contributed by atoms with Crippen molar-refractivity contribution in [2.75, 3.05) is 50.3 Å². The highest BCUT2D eigenvalue weighted by atomic mass is 16.5. The summed E-state index contributed by atoms with van der Waals surface area (Å²) in [5, 5.41) is 6.56. The van der Waals surface area contributed by atoms with Crippen molar-refractivity contribution in [3.63, 3.8) is 0 Å². The lowest BCUT2D eigenvalue weighted by Crippen LogP contribution is -2.17. The third-order valence-corrected chi connectivity index (χ3v) is 27.1. The zero-order valence-corrected chi connectivity index (χ0v) is 86.4. The summed E-state index contributed by atoms with van der Waals surface area (Å²) >= 11 is 0. The van der Waals surface area contributed by atoms with Gasteiger partial charge in [-0.25, -0.2) is 0 Å². The number of terminal acetylenes is 1. The van der Waals surface area contributed by atoms with E-state index in [1.54, 1.807) is 0 Å². The maximum atomic E-state index is 15.3. The quantitative estimate of drug-likeness (QED) is 0.0424. The number of anilines is 2. The zero-order valence-electron chi connectivity index (χ0n) is 86.4. The van der Waals surface area contributed by atoms with E-state index in [0.717, 1.165) is 77.0 Å². The van der Waals surface area contributed by atoms with Crippen molar-refractivity contribution in [2.45, 2.75) is 588 Å². The van der Waals surface area contributed by atoms with Crippen molar-refractivity contribution >= 4 is 23.2 Å². The SMILES string of the molecule is C#Cc1cc(NC(=O)c2cc(OCCCCCCCCCCCCCCCC)c(OCCCCCCCCCCCCCCCC)c(OCCCCCCCCCCCCCCCC)c2)c(C)c(NC(=O)c2cc(OCCCCCCCCCCCCCCCC)c(OCCCCCCCCCCCCCCCC)c(OCCCCCCCCCCCCCCCC)c2)c1. The van der Waals surface area contributed by atoms with Gasteiger partial charge in [0.1, 0.15) is 0 Å². The van der Waals surface area contributed by atoms with Gasteiger partial charge in [0.05, 0.1) is 39.6 Å². The summed E-state index contributed by atoms with van der Waals surface area (Å²) in [6.07, 6.45) is 114. The van der Waals surface area contributed by atoms with Crippen LogP contribution in [0, 0.1) is 19.3 Å². The van der Waals surface area contributed by atoms with Gasteiger partial charge in [0.2, 0.25) is 11.5 Å². The molecular weight excluding hydrogens is 1590 g/mol. The van der Waals surface area contributed by atoms with Gasteiger partial charge in [-0.05, 0) is 87.4 Å². The number of hydrogen-bond acceptors (Lipinski definition) is 8. The smallest absolute Gasteiger partial charge is 0.255 e. The molecule has 3 aromatic carbocycles. The molecule has 0 fully saturated rings. The first-order valence-corrected chi connectivity index (χ1v) is 57.1. The highest BCUT2D eigenvalue weighted by Crippen LogP contribution is 2.43. The number of unbranched alkanes of at least 4 members (excludes halogenated alkanes) is 78. The summed E-state index contributed by atoms with van der Waals surface area (Å²) in [6.45, 7) is 18.8. The van der Waals surface area contributed by atoms with Crippen LogP contribution in [-0.2, 0) is 0 Å². The normalized spacial score (nSPS) is 11.4. The molecule has 0 spiro atoms. The Morgan fingerprint density at radius 1 is 0.217 bits per heavy atom. The van der Waals surface area contributed by atoms with E-state index in [1.165, 1.54) is 462 Å². The minimum atomic E-state index is -0.336. The second kappa shape index (κ2) is 90.8. The summed E-state index contributed by atoms with van der Waals surface area (Å²) in [4.78, 5) is 30.5. The Morgan fingerprint density at radius 2 is 0.357 bits per heavy atom. The van der Waals surface area contributed by atoms with E-state index in [2.05, 4.69) is 58.1 Å². The second-order valence-corrected chi connectivity index (χ2v) is 39.5. The third kappa shape index (κ3) is 67.7. The number of benzene rings is 3. The molecule has 0 aromatic heterocycles. The number of ether oxygens (including phenoxy) is 6. The topological polar surface area (TPSA) is 114 Å². The lowest BCUT2D eigenvalue weighted by molar-refractivity contribution is 0.101. The van der Waals surface area contributed by atoms with E-state index in [-0.39, 0.29) is 11.8 Å². The van der Waals surface area contributed by atoms with Crippen molar-refractivity contribution in [2.24, 2.45) is 0 Å². The van der Waals surface area contributed by atoms with Crippen LogP contribution >= 0.6 is 0 Å². The standard InChI is InChI=1S/C119H210N2O8/c1-9-16-22-28-34-40-46-52-58-64-70-76-82-88-94-124-112-102-108(103-113(125-95-89-83-77-71-65-59-53-47-41-35-29-23-17-10-2)116(112)128-98-92-86-80-74-68-62-56-50-44-38-32-26-20-13-5)118(122)120-110-100-107(15-7)101-111(106(110)8)121-119(123)109-104-114(126-96-90-84-78-72-66-60-54-48-42-36-30-24-18-11-3)117(129-99-93-87-81-75-69-63-57-51-45-39-33-27-21-14-6)115(105-109)127-97-91-85-79-73-67-61-55-49-43-37-31-25-19-12-4/h7,100-105H,9-14,16-99H2,1-6,8H3,(H,120,122)(H,121,123). The molecule has 3 rings (SSSR count). The van der Waals surface area contributed by atoms with Gasteiger partial charge in [-0.1, -0.05) is 548 Å². The molecule has 3 aromatic rings. The Balaban J connectivity index is 1.98. The highest BCUT2D eigenvalue weighted by Gasteiger charge is 2.24. The van der Waals surface area contributed by atoms with Gasteiger partial charge in [-0.3, -0.25) is 9.59 Å². The number of carbonyl (C=O) groups excluding carboxylic acids is 2. The lowest BCUT2D eigenvalue weighted by atomic mass is 10.0. The molecule has 744 valence electrons. The molecular formula is C119H210N2O8. The summed E-state index contributed by atoms with van der Waals surface area (Å²) in [5.74, 6) is 5.51. The molecule has 0 saturated carbocycles. The van der Waals surface area contributed by atoms with Gasteiger partial charge in [0, 0.05) is 28.1 Å². The van der Waals surface area contributed by atoms with Crippen LogP contribution in [0.2, 0.25) is 0 Å². The molecule has 0 aliphatic carbocycles. The van der Waals surface area contributed by atoms with Crippen LogP contribution in [-0.4, -0.2) is 51.5 Å². The van der Waals surface area contributed by atoms with Gasteiger partial charge in [0.15, 0.2) is 23.0 Å². The van der Waals surface area contributed by atoms with Gasteiger partial charge in [-0.15, -0.1) is 6.42 Å². The molecule has 0 radical (unpaired) electrons. The molecule has 0 aliphatic rings. The van der Waals surface area contributed by atoms with Crippen LogP contribution < -0.4 is 39.1 Å². The maximum absolute atomic E-state index is 15.3. The average Bonchev–Trinajstić information content (AvgIpc) is 0.826. The first-order chi connectivity index (χ1) is 63.7. The number of rotatable bonds is 100. The average molecular weight is 1800 g/mol. The van der Waals surface area contributed by atoms with Gasteiger partial charge in [0.25, 0.3) is 11.8 Å². The largest absolute Gasteiger partial charge is 0.490 e. The molecule has 0 aliphatic heterocycles. The van der Waals surface area contributed by atoms with Gasteiger partial charge >= 0.3 is 0 Å². The summed E-state index contributed by atoms with van der Waals surface area (Å²) in [6, 6.07) is 11.1. The van der Waals surface area contributed by atoms with Crippen LogP contribution in [0.15, 0.2) is 36.4 Å². The minimum absolute atomic E-state index is 0.336. The molecule has 0 saturated heterocycles. The van der Waals surface area contributed by atoms with Crippen LogP contribution in [0.3, 0.4) is 0 Å². The van der Waals surface area contributed by atoms with Crippen LogP contribution in [0.25, 0.3) is 0 Å². The van der Waals surface area contributed by atoms with Crippen molar-refractivity contribution in [1.29, 1.82) is 0 Å². The van der Waals surface area contributed by atoms with Crippen molar-refractivity contribution < 1.29 is 38.0 Å². The van der Waals surface area contributed by atoms with E-state index >= 15 is 9.59 Å². The van der Waals surface area contributed by atoms with E-state index in [4.69, 9.17) is 34.8 Å². The second-order valence-electron chi connectivity index (χ2n) is 39.5. The molecule has 0 atom stereocenters. The number of carbonyl (C=O) groups is 2. The minimum Gasteiger partial charge on any atom is -0.490 e. The molecule has 0 heterocycles. The number of amides is 2. The third-order valence-electron chi connectivity index (χ3n) is 27.1. The van der Waals surface area contributed by atoms with Crippen molar-refractivity contribution in [1.82, 2.24) is 0 Å². The molecule has 10 heteroatoms. The molecule has 129 heavy (non-hydrogen) atoms.